The van der Waals surface area contributed by atoms with Crippen LogP contribution in [0.2, 0.25) is 0 Å². The smallest absolute Gasteiger partial charge is 0.224 e. The van der Waals surface area contributed by atoms with Gasteiger partial charge in [-0.15, -0.1) is 0 Å². The highest BCUT2D eigenvalue weighted by molar-refractivity contribution is 5.79. The van der Waals surface area contributed by atoms with Crippen LogP contribution >= 0.6 is 0 Å². The third kappa shape index (κ3) is 7.03. The van der Waals surface area contributed by atoms with Gasteiger partial charge < -0.3 is 24.1 Å². The summed E-state index contributed by atoms with van der Waals surface area (Å²) in [5.74, 6) is 3.12. The van der Waals surface area contributed by atoms with Crippen molar-refractivity contribution >= 4 is 16.9 Å². The topological polar surface area (TPSA) is 74.6 Å². The first kappa shape index (κ1) is 26.1. The summed E-state index contributed by atoms with van der Waals surface area (Å²) in [6.07, 6.45) is 2.86. The predicted molar refractivity (Wildman–Crippen MR) is 146 cm³/mol. The molecule has 4 aromatic rings. The molecule has 0 radical (unpaired) electrons. The van der Waals surface area contributed by atoms with Crippen molar-refractivity contribution in [3.8, 4) is 17.2 Å². The lowest BCUT2D eigenvalue weighted by molar-refractivity contribution is -0.120. The van der Waals surface area contributed by atoms with Crippen molar-refractivity contribution in [1.82, 2.24) is 14.9 Å². The van der Waals surface area contributed by atoms with E-state index in [4.69, 9.17) is 19.2 Å². The molecule has 0 atom stereocenters. The molecule has 1 N–H and O–H groups in total. The Labute approximate surface area is 218 Å². The zero-order chi connectivity index (χ0) is 26.0. The van der Waals surface area contributed by atoms with Gasteiger partial charge in [0.1, 0.15) is 11.6 Å². The summed E-state index contributed by atoms with van der Waals surface area (Å²) < 4.78 is 18.8. The predicted octanol–water partition coefficient (Wildman–Crippen LogP) is 5.12. The van der Waals surface area contributed by atoms with Crippen LogP contribution in [0.3, 0.4) is 0 Å². The van der Waals surface area contributed by atoms with Crippen LogP contribution in [0.15, 0.2) is 66.7 Å². The fourth-order valence-corrected chi connectivity index (χ4v) is 4.39. The molecule has 0 saturated carbocycles. The van der Waals surface area contributed by atoms with Gasteiger partial charge in [0.15, 0.2) is 11.5 Å². The van der Waals surface area contributed by atoms with E-state index >= 15 is 0 Å². The number of imidazole rings is 1. The highest BCUT2D eigenvalue weighted by Crippen LogP contribution is 2.27. The first-order chi connectivity index (χ1) is 18.1. The molecule has 0 saturated heterocycles. The molecular weight excluding hydrogens is 466 g/mol. The minimum atomic E-state index is -0.0387. The number of carbonyl (C=O) groups excluding carboxylic acids is 1. The second-order valence-electron chi connectivity index (χ2n) is 9.01. The average Bonchev–Trinajstić information content (AvgIpc) is 3.25. The van der Waals surface area contributed by atoms with Crippen molar-refractivity contribution in [3.63, 3.8) is 0 Å². The lowest BCUT2D eigenvalue weighted by Gasteiger charge is -2.12. The van der Waals surface area contributed by atoms with Gasteiger partial charge in [-0.25, -0.2) is 4.98 Å². The van der Waals surface area contributed by atoms with E-state index in [0.29, 0.717) is 31.1 Å². The van der Waals surface area contributed by atoms with E-state index in [-0.39, 0.29) is 12.3 Å². The van der Waals surface area contributed by atoms with E-state index in [9.17, 15) is 4.79 Å². The number of hydrogen-bond donors (Lipinski definition) is 1. The molecule has 37 heavy (non-hydrogen) atoms. The van der Waals surface area contributed by atoms with E-state index < -0.39 is 0 Å². The number of nitrogens with zero attached hydrogens (tertiary/aromatic N) is 2. The quantitative estimate of drug-likeness (QED) is 0.257. The number of aromatic nitrogens is 2. The monoisotopic (exact) mass is 501 g/mol. The summed E-state index contributed by atoms with van der Waals surface area (Å²) in [6, 6.07) is 21.8. The standard InChI is InChI=1S/C30H35N3O4/c1-22-9-8-10-24(19-22)37-18-7-6-17-33-26-12-5-4-11-25(26)32-29(33)15-16-31-30(34)21-23-13-14-27(35-2)28(20-23)36-3/h4-5,8-14,19-20H,6-7,15-18,21H2,1-3H3,(H,31,34). The lowest BCUT2D eigenvalue weighted by Crippen LogP contribution is -2.28. The second-order valence-corrected chi connectivity index (χ2v) is 9.01. The van der Waals surface area contributed by atoms with Gasteiger partial charge in [0.25, 0.3) is 0 Å². The number of hydrogen-bond acceptors (Lipinski definition) is 5. The maximum atomic E-state index is 12.6. The maximum absolute atomic E-state index is 12.6. The molecule has 0 fully saturated rings. The molecule has 7 heteroatoms. The maximum Gasteiger partial charge on any atom is 0.224 e. The van der Waals surface area contributed by atoms with Gasteiger partial charge in [-0.2, -0.15) is 0 Å². The highest BCUT2D eigenvalue weighted by Gasteiger charge is 2.12. The van der Waals surface area contributed by atoms with Gasteiger partial charge in [0.05, 0.1) is 38.3 Å². The normalized spacial score (nSPS) is 10.9. The minimum absolute atomic E-state index is 0.0387. The number of rotatable bonds is 13. The summed E-state index contributed by atoms with van der Waals surface area (Å²) in [5.41, 5.74) is 4.16. The number of aryl methyl sites for hydroxylation is 2. The average molecular weight is 502 g/mol. The molecule has 1 heterocycles. The van der Waals surface area contributed by atoms with Crippen LogP contribution in [-0.4, -0.2) is 42.8 Å². The van der Waals surface area contributed by atoms with Crippen molar-refractivity contribution in [3.05, 3.63) is 83.7 Å². The van der Waals surface area contributed by atoms with Gasteiger partial charge in [0, 0.05) is 19.5 Å². The van der Waals surface area contributed by atoms with E-state index in [2.05, 4.69) is 35.0 Å². The van der Waals surface area contributed by atoms with Gasteiger partial charge in [-0.05, 0) is 67.3 Å². The van der Waals surface area contributed by atoms with Gasteiger partial charge >= 0.3 is 0 Å². The van der Waals surface area contributed by atoms with E-state index in [1.165, 1.54) is 5.56 Å². The summed E-state index contributed by atoms with van der Waals surface area (Å²) in [7, 11) is 3.18. The Morgan fingerprint density at radius 3 is 2.59 bits per heavy atom. The molecule has 4 rings (SSSR count). The summed E-state index contributed by atoms with van der Waals surface area (Å²) in [4.78, 5) is 17.4. The van der Waals surface area contributed by atoms with Crippen LogP contribution in [-0.2, 0) is 24.2 Å². The molecule has 194 valence electrons. The van der Waals surface area contributed by atoms with Crippen molar-refractivity contribution in [2.24, 2.45) is 0 Å². The number of amides is 1. The second kappa shape index (κ2) is 12.8. The van der Waals surface area contributed by atoms with Crippen molar-refractivity contribution in [2.75, 3.05) is 27.4 Å². The number of fused-ring (bicyclic) bond motifs is 1. The van der Waals surface area contributed by atoms with Crippen LogP contribution in [0.4, 0.5) is 0 Å². The zero-order valence-corrected chi connectivity index (χ0v) is 21.8. The molecule has 0 aliphatic heterocycles. The third-order valence-corrected chi connectivity index (χ3v) is 6.25. The fraction of sp³-hybridized carbons (Fsp3) is 0.333. The number of unbranched alkanes of at least 4 members (excludes halogenated alkanes) is 1. The molecule has 0 unspecified atom stereocenters. The van der Waals surface area contributed by atoms with Crippen molar-refractivity contribution in [1.29, 1.82) is 0 Å². The van der Waals surface area contributed by atoms with Crippen molar-refractivity contribution in [2.45, 2.75) is 39.2 Å². The molecular formula is C30H35N3O4. The molecule has 7 nitrogen and oxygen atoms in total. The Balaban J connectivity index is 1.30. The number of para-hydroxylation sites is 2. The third-order valence-electron chi connectivity index (χ3n) is 6.25. The van der Waals surface area contributed by atoms with E-state index in [0.717, 1.165) is 47.6 Å². The lowest BCUT2D eigenvalue weighted by atomic mass is 10.1. The van der Waals surface area contributed by atoms with Gasteiger partial charge in [0.2, 0.25) is 5.91 Å². The van der Waals surface area contributed by atoms with Crippen LogP contribution in [0, 0.1) is 6.92 Å². The van der Waals surface area contributed by atoms with Gasteiger partial charge in [-0.1, -0.05) is 30.3 Å². The number of carbonyl (C=O) groups is 1. The minimum Gasteiger partial charge on any atom is -0.494 e. The summed E-state index contributed by atoms with van der Waals surface area (Å²) >= 11 is 0. The largest absolute Gasteiger partial charge is 0.494 e. The van der Waals surface area contributed by atoms with Gasteiger partial charge in [-0.3, -0.25) is 4.79 Å². The number of methoxy groups -OCH3 is 2. The molecule has 0 aliphatic rings. The number of benzene rings is 3. The number of nitrogens with one attached hydrogen (secondary N) is 1. The fourth-order valence-electron chi connectivity index (χ4n) is 4.39. The van der Waals surface area contributed by atoms with E-state index in [1.807, 2.05) is 48.5 Å². The van der Waals surface area contributed by atoms with E-state index in [1.54, 1.807) is 14.2 Å². The van der Waals surface area contributed by atoms with Crippen molar-refractivity contribution < 1.29 is 19.0 Å². The SMILES string of the molecule is COc1ccc(CC(=O)NCCc2nc3ccccc3n2CCCCOc2cccc(C)c2)cc1OC. The Hall–Kier alpha value is -4.00. The summed E-state index contributed by atoms with van der Waals surface area (Å²) in [5, 5.41) is 3.03. The Bertz CT molecular complexity index is 1330. The Morgan fingerprint density at radius 2 is 1.78 bits per heavy atom. The zero-order valence-electron chi connectivity index (χ0n) is 21.8. The van der Waals surface area contributed by atoms with Crippen LogP contribution in [0.1, 0.15) is 29.8 Å². The molecule has 0 aliphatic carbocycles. The Morgan fingerprint density at radius 1 is 0.946 bits per heavy atom. The number of ether oxygens (including phenoxy) is 3. The van der Waals surface area contributed by atoms with Crippen LogP contribution in [0.5, 0.6) is 17.2 Å². The van der Waals surface area contributed by atoms with Crippen LogP contribution in [0.25, 0.3) is 11.0 Å². The molecule has 0 bridgehead atoms. The molecule has 1 aromatic heterocycles. The van der Waals surface area contributed by atoms with Crippen LogP contribution < -0.4 is 19.5 Å². The summed E-state index contributed by atoms with van der Waals surface area (Å²) in [6.45, 7) is 4.12. The first-order valence-corrected chi connectivity index (χ1v) is 12.7. The molecule has 1 amide bonds. The highest BCUT2D eigenvalue weighted by atomic mass is 16.5. The molecule has 0 spiro atoms. The first-order valence-electron chi connectivity index (χ1n) is 12.7. The Kier molecular flexibility index (Phi) is 9.03. The molecule has 3 aromatic carbocycles.